The molecule has 1 N–H and O–H groups in total. The summed E-state index contributed by atoms with van der Waals surface area (Å²) in [5, 5.41) is 3.64. The van der Waals surface area contributed by atoms with Gasteiger partial charge in [0.15, 0.2) is 0 Å². The van der Waals surface area contributed by atoms with Gasteiger partial charge >= 0.3 is 0 Å². The van der Waals surface area contributed by atoms with Gasteiger partial charge in [-0.25, -0.2) is 4.98 Å². The molecule has 1 atom stereocenters. The molecule has 1 aliphatic heterocycles. The fourth-order valence-electron chi connectivity index (χ4n) is 2.48. The minimum Gasteiger partial charge on any atom is -0.313 e. The van der Waals surface area contributed by atoms with Crippen molar-refractivity contribution in [3.63, 3.8) is 0 Å². The van der Waals surface area contributed by atoms with E-state index in [-0.39, 0.29) is 0 Å². The van der Waals surface area contributed by atoms with Gasteiger partial charge < -0.3 is 5.32 Å². The summed E-state index contributed by atoms with van der Waals surface area (Å²) in [5.41, 5.74) is 3.16. The zero-order valence-corrected chi connectivity index (χ0v) is 12.6. The van der Waals surface area contributed by atoms with Gasteiger partial charge in [0.2, 0.25) is 0 Å². The Balaban J connectivity index is 1.93. The summed E-state index contributed by atoms with van der Waals surface area (Å²) < 4.78 is 0. The van der Waals surface area contributed by atoms with Crippen LogP contribution in [0.1, 0.15) is 43.7 Å². The van der Waals surface area contributed by atoms with Crippen LogP contribution in [-0.4, -0.2) is 35.1 Å². The first-order valence-electron chi connectivity index (χ1n) is 7.03. The van der Waals surface area contributed by atoms with Crippen molar-refractivity contribution in [3.05, 3.63) is 16.1 Å². The van der Waals surface area contributed by atoms with Crippen LogP contribution in [0.15, 0.2) is 5.51 Å². The number of aromatic nitrogens is 1. The van der Waals surface area contributed by atoms with Crippen molar-refractivity contribution in [1.29, 1.82) is 0 Å². The van der Waals surface area contributed by atoms with Gasteiger partial charge in [0.1, 0.15) is 0 Å². The van der Waals surface area contributed by atoms with Gasteiger partial charge in [-0.2, -0.15) is 0 Å². The normalized spacial score (nSPS) is 20.8. The molecule has 1 unspecified atom stereocenters. The Kier molecular flexibility index (Phi) is 5.15. The monoisotopic (exact) mass is 267 g/mol. The number of hydrogen-bond donors (Lipinski definition) is 1. The minimum absolute atomic E-state index is 0.593. The van der Waals surface area contributed by atoms with Crippen molar-refractivity contribution in [2.45, 2.75) is 58.7 Å². The fourth-order valence-corrected chi connectivity index (χ4v) is 3.28. The molecule has 0 aliphatic carbocycles. The third kappa shape index (κ3) is 3.77. The summed E-state index contributed by atoms with van der Waals surface area (Å²) in [7, 11) is 0. The highest BCUT2D eigenvalue weighted by Crippen LogP contribution is 2.18. The van der Waals surface area contributed by atoms with Crippen LogP contribution < -0.4 is 5.32 Å². The Morgan fingerprint density at radius 1 is 1.50 bits per heavy atom. The molecule has 1 fully saturated rings. The predicted octanol–water partition coefficient (Wildman–Crippen LogP) is 2.80. The maximum Gasteiger partial charge on any atom is 0.0798 e. The van der Waals surface area contributed by atoms with Crippen molar-refractivity contribution in [2.75, 3.05) is 13.1 Å². The van der Waals surface area contributed by atoms with Crippen LogP contribution in [0.4, 0.5) is 0 Å². The first-order chi connectivity index (χ1) is 8.66. The van der Waals surface area contributed by atoms with E-state index in [9.17, 15) is 0 Å². The van der Waals surface area contributed by atoms with Gasteiger partial charge in [-0.05, 0) is 40.2 Å². The molecule has 0 spiro atoms. The molecule has 1 saturated heterocycles. The zero-order valence-electron chi connectivity index (χ0n) is 11.8. The standard InChI is InChI=1S/C14H25N3S/c1-11(2)17(8-13-6-4-5-7-15-13)9-14-12(3)16-10-18-14/h10-11,13,15H,4-9H2,1-3H3. The van der Waals surface area contributed by atoms with Gasteiger partial charge in [-0.1, -0.05) is 6.42 Å². The van der Waals surface area contributed by atoms with Crippen LogP contribution >= 0.6 is 11.3 Å². The lowest BCUT2D eigenvalue weighted by Gasteiger charge is -2.32. The maximum atomic E-state index is 4.35. The Morgan fingerprint density at radius 2 is 2.33 bits per heavy atom. The van der Waals surface area contributed by atoms with Crippen LogP contribution in [0.25, 0.3) is 0 Å². The zero-order chi connectivity index (χ0) is 13.0. The second-order valence-corrected chi connectivity index (χ2v) is 6.47. The van der Waals surface area contributed by atoms with Gasteiger partial charge in [0.25, 0.3) is 0 Å². The van der Waals surface area contributed by atoms with E-state index in [2.05, 4.69) is 36.0 Å². The second-order valence-electron chi connectivity index (χ2n) is 5.53. The van der Waals surface area contributed by atoms with Gasteiger partial charge in [0.05, 0.1) is 11.2 Å². The van der Waals surface area contributed by atoms with Crippen LogP contribution in [0.5, 0.6) is 0 Å². The smallest absolute Gasteiger partial charge is 0.0798 e. The van der Waals surface area contributed by atoms with E-state index in [4.69, 9.17) is 0 Å². The number of aryl methyl sites for hydroxylation is 1. The van der Waals surface area contributed by atoms with E-state index in [0.29, 0.717) is 12.1 Å². The molecule has 102 valence electrons. The molecule has 2 rings (SSSR count). The molecule has 1 aliphatic rings. The van der Waals surface area contributed by atoms with Crippen molar-refractivity contribution in [2.24, 2.45) is 0 Å². The average molecular weight is 267 g/mol. The van der Waals surface area contributed by atoms with E-state index >= 15 is 0 Å². The maximum absolute atomic E-state index is 4.35. The second kappa shape index (κ2) is 6.64. The minimum atomic E-state index is 0.593. The summed E-state index contributed by atoms with van der Waals surface area (Å²) in [6.45, 7) is 10.1. The number of nitrogens with zero attached hydrogens (tertiary/aromatic N) is 2. The Morgan fingerprint density at radius 3 is 2.89 bits per heavy atom. The lowest BCUT2D eigenvalue weighted by atomic mass is 10.0. The molecule has 0 radical (unpaired) electrons. The van der Waals surface area contributed by atoms with E-state index < -0.39 is 0 Å². The number of hydrogen-bond acceptors (Lipinski definition) is 4. The number of rotatable bonds is 5. The molecule has 0 saturated carbocycles. The summed E-state index contributed by atoms with van der Waals surface area (Å²) in [5.74, 6) is 0. The number of thiazole rings is 1. The third-order valence-electron chi connectivity index (χ3n) is 3.79. The summed E-state index contributed by atoms with van der Waals surface area (Å²) in [6.07, 6.45) is 4.04. The first-order valence-corrected chi connectivity index (χ1v) is 7.91. The Labute approximate surface area is 115 Å². The van der Waals surface area contributed by atoms with E-state index in [1.807, 2.05) is 5.51 Å². The van der Waals surface area contributed by atoms with Crippen LogP contribution in [0.2, 0.25) is 0 Å². The topological polar surface area (TPSA) is 28.2 Å². The molecular weight excluding hydrogens is 242 g/mol. The molecule has 1 aromatic rings. The molecule has 0 amide bonds. The molecule has 1 aromatic heterocycles. The average Bonchev–Trinajstić information content (AvgIpc) is 2.75. The van der Waals surface area contributed by atoms with E-state index in [1.165, 1.54) is 36.4 Å². The number of piperidine rings is 1. The lowest BCUT2D eigenvalue weighted by Crippen LogP contribution is -2.45. The van der Waals surface area contributed by atoms with E-state index in [1.54, 1.807) is 11.3 Å². The van der Waals surface area contributed by atoms with Gasteiger partial charge in [0, 0.05) is 30.1 Å². The lowest BCUT2D eigenvalue weighted by molar-refractivity contribution is 0.178. The van der Waals surface area contributed by atoms with Crippen molar-refractivity contribution < 1.29 is 0 Å². The third-order valence-corrected chi connectivity index (χ3v) is 4.71. The van der Waals surface area contributed by atoms with Crippen molar-refractivity contribution in [3.8, 4) is 0 Å². The van der Waals surface area contributed by atoms with Gasteiger partial charge in [-0.3, -0.25) is 4.90 Å². The fraction of sp³-hybridized carbons (Fsp3) is 0.786. The summed E-state index contributed by atoms with van der Waals surface area (Å²) in [4.78, 5) is 8.34. The molecule has 0 bridgehead atoms. The quantitative estimate of drug-likeness (QED) is 0.889. The molecule has 4 heteroatoms. The number of nitrogens with one attached hydrogen (secondary N) is 1. The molecule has 2 heterocycles. The van der Waals surface area contributed by atoms with Crippen molar-refractivity contribution in [1.82, 2.24) is 15.2 Å². The van der Waals surface area contributed by atoms with Gasteiger partial charge in [-0.15, -0.1) is 11.3 Å². The molecule has 0 aromatic carbocycles. The van der Waals surface area contributed by atoms with E-state index in [0.717, 1.165) is 13.1 Å². The largest absolute Gasteiger partial charge is 0.313 e. The highest BCUT2D eigenvalue weighted by molar-refractivity contribution is 7.09. The highest BCUT2D eigenvalue weighted by atomic mass is 32.1. The SMILES string of the molecule is Cc1ncsc1CN(CC1CCCCN1)C(C)C. The first kappa shape index (κ1) is 14.0. The van der Waals surface area contributed by atoms with Crippen molar-refractivity contribution >= 4 is 11.3 Å². The molecule has 18 heavy (non-hydrogen) atoms. The van der Waals surface area contributed by atoms with Crippen LogP contribution in [-0.2, 0) is 6.54 Å². The van der Waals surface area contributed by atoms with Crippen LogP contribution in [0.3, 0.4) is 0 Å². The molecule has 3 nitrogen and oxygen atoms in total. The molecular formula is C14H25N3S. The highest BCUT2D eigenvalue weighted by Gasteiger charge is 2.19. The Bertz CT molecular complexity index is 356. The summed E-state index contributed by atoms with van der Waals surface area (Å²) >= 11 is 1.78. The Hall–Kier alpha value is -0.450. The summed E-state index contributed by atoms with van der Waals surface area (Å²) in [6, 6.07) is 1.27. The van der Waals surface area contributed by atoms with Crippen LogP contribution in [0, 0.1) is 6.92 Å². The predicted molar refractivity (Wildman–Crippen MR) is 78.0 cm³/mol.